The van der Waals surface area contributed by atoms with E-state index in [1.54, 1.807) is 0 Å². The van der Waals surface area contributed by atoms with Crippen LogP contribution in [0.4, 0.5) is 5.69 Å². The molecule has 1 atom stereocenters. The van der Waals surface area contributed by atoms with Crippen molar-refractivity contribution in [2.45, 2.75) is 6.92 Å². The molecule has 0 aromatic heterocycles. The summed E-state index contributed by atoms with van der Waals surface area (Å²) in [6.07, 6.45) is 0. The Bertz CT molecular complexity index is 535. The van der Waals surface area contributed by atoms with Crippen LogP contribution in [0.2, 0.25) is 0 Å². The fraction of sp³-hybridized carbons (Fsp3) is 0.364. The van der Waals surface area contributed by atoms with Crippen molar-refractivity contribution < 1.29 is 18.3 Å². The number of hydrogen-bond donors (Lipinski definition) is 1. The molecular formula is C11H13NO4S. The second kappa shape index (κ2) is 4.03. The average Bonchev–Trinajstić information content (AvgIpc) is 2.52. The van der Waals surface area contributed by atoms with Crippen LogP contribution in [0.5, 0.6) is 0 Å². The van der Waals surface area contributed by atoms with Crippen molar-refractivity contribution in [1.29, 1.82) is 0 Å². The predicted molar refractivity (Wildman–Crippen MR) is 63.7 cm³/mol. The summed E-state index contributed by atoms with van der Waals surface area (Å²) in [5.74, 6) is -0.776. The normalized spacial score (nSPS) is 22.6. The Morgan fingerprint density at radius 1 is 1.35 bits per heavy atom. The van der Waals surface area contributed by atoms with Crippen molar-refractivity contribution in [2.24, 2.45) is 5.92 Å². The Balaban J connectivity index is 2.32. The van der Waals surface area contributed by atoms with Crippen LogP contribution in [-0.4, -0.2) is 31.8 Å². The van der Waals surface area contributed by atoms with Gasteiger partial charge in [0.1, 0.15) is 0 Å². The molecule has 2 rings (SSSR count). The first-order valence-corrected chi connectivity index (χ1v) is 6.85. The molecule has 5 nitrogen and oxygen atoms in total. The van der Waals surface area contributed by atoms with Gasteiger partial charge in [0.05, 0.1) is 17.0 Å². The van der Waals surface area contributed by atoms with Gasteiger partial charge in [0.2, 0.25) is 10.0 Å². The molecule has 1 aromatic carbocycles. The van der Waals surface area contributed by atoms with E-state index in [1.165, 1.54) is 28.6 Å². The number of sulfonamides is 1. The number of carboxylic acids is 1. The summed E-state index contributed by atoms with van der Waals surface area (Å²) in [4.78, 5) is 10.7. The third-order valence-electron chi connectivity index (χ3n) is 2.71. The second-order valence-electron chi connectivity index (χ2n) is 4.27. The molecule has 1 N–H and O–H groups in total. The zero-order valence-corrected chi connectivity index (χ0v) is 10.1. The number of carbonyl (C=O) groups is 1. The average molecular weight is 255 g/mol. The Morgan fingerprint density at radius 2 is 1.94 bits per heavy atom. The Morgan fingerprint density at radius 3 is 2.35 bits per heavy atom. The minimum absolute atomic E-state index is 0.0964. The van der Waals surface area contributed by atoms with Gasteiger partial charge >= 0.3 is 5.97 Å². The lowest BCUT2D eigenvalue weighted by Crippen LogP contribution is -2.25. The fourth-order valence-corrected chi connectivity index (χ4v) is 3.86. The molecule has 0 saturated carbocycles. The van der Waals surface area contributed by atoms with Gasteiger partial charge in [-0.3, -0.25) is 4.31 Å². The van der Waals surface area contributed by atoms with Crippen LogP contribution in [-0.2, 0) is 10.0 Å². The topological polar surface area (TPSA) is 74.7 Å². The maximum atomic E-state index is 11.8. The van der Waals surface area contributed by atoms with Gasteiger partial charge in [-0.1, -0.05) is 6.92 Å². The number of carboxylic acid groups (broad SMARTS) is 1. The lowest BCUT2D eigenvalue weighted by Gasteiger charge is -2.17. The molecule has 1 aliphatic heterocycles. The summed E-state index contributed by atoms with van der Waals surface area (Å²) in [5, 5.41) is 8.75. The van der Waals surface area contributed by atoms with E-state index in [9.17, 15) is 13.2 Å². The summed E-state index contributed by atoms with van der Waals surface area (Å²) in [6, 6.07) is 5.88. The van der Waals surface area contributed by atoms with Gasteiger partial charge in [-0.05, 0) is 30.2 Å². The standard InChI is InChI=1S/C11H13NO4S/c1-8-6-12(17(15,16)7-8)10-4-2-9(3-5-10)11(13)14/h2-5,8H,6-7H2,1H3,(H,13,14). The van der Waals surface area contributed by atoms with Crippen molar-refractivity contribution in [1.82, 2.24) is 0 Å². The van der Waals surface area contributed by atoms with Crippen molar-refractivity contribution in [3.8, 4) is 0 Å². The van der Waals surface area contributed by atoms with E-state index in [2.05, 4.69) is 0 Å². The van der Waals surface area contributed by atoms with Gasteiger partial charge in [-0.2, -0.15) is 0 Å². The lowest BCUT2D eigenvalue weighted by molar-refractivity contribution is 0.0697. The molecule has 1 saturated heterocycles. The highest BCUT2D eigenvalue weighted by atomic mass is 32.2. The van der Waals surface area contributed by atoms with Gasteiger partial charge in [0, 0.05) is 6.54 Å². The molecule has 0 amide bonds. The predicted octanol–water partition coefficient (Wildman–Crippen LogP) is 1.17. The van der Waals surface area contributed by atoms with Gasteiger partial charge in [0.25, 0.3) is 0 Å². The third-order valence-corrected chi connectivity index (χ3v) is 4.73. The first-order chi connectivity index (χ1) is 7.90. The molecule has 0 aliphatic carbocycles. The van der Waals surface area contributed by atoms with Crippen LogP contribution in [0.15, 0.2) is 24.3 Å². The molecule has 1 aromatic rings. The molecule has 1 fully saturated rings. The molecule has 0 radical (unpaired) electrons. The lowest BCUT2D eigenvalue weighted by atomic mass is 10.2. The number of benzene rings is 1. The fourth-order valence-electron chi connectivity index (χ4n) is 1.94. The van der Waals surface area contributed by atoms with Crippen LogP contribution in [0.1, 0.15) is 17.3 Å². The zero-order valence-electron chi connectivity index (χ0n) is 9.33. The Kier molecular flexibility index (Phi) is 2.82. The summed E-state index contributed by atoms with van der Waals surface area (Å²) in [6.45, 7) is 2.33. The van der Waals surface area contributed by atoms with E-state index in [0.717, 1.165) is 0 Å². The van der Waals surface area contributed by atoms with Crippen molar-refractivity contribution in [2.75, 3.05) is 16.6 Å². The molecule has 1 heterocycles. The van der Waals surface area contributed by atoms with Crippen molar-refractivity contribution >= 4 is 21.7 Å². The SMILES string of the molecule is CC1CN(c2ccc(C(=O)O)cc2)S(=O)(=O)C1. The minimum Gasteiger partial charge on any atom is -0.478 e. The van der Waals surface area contributed by atoms with Crippen molar-refractivity contribution in [3.05, 3.63) is 29.8 Å². The number of hydrogen-bond acceptors (Lipinski definition) is 3. The maximum Gasteiger partial charge on any atom is 0.335 e. The summed E-state index contributed by atoms with van der Waals surface area (Å²) >= 11 is 0. The maximum absolute atomic E-state index is 11.8. The zero-order chi connectivity index (χ0) is 12.6. The monoisotopic (exact) mass is 255 g/mol. The summed E-state index contributed by atoms with van der Waals surface area (Å²) in [5.41, 5.74) is 0.678. The molecule has 0 bridgehead atoms. The molecule has 1 unspecified atom stereocenters. The summed E-state index contributed by atoms with van der Waals surface area (Å²) in [7, 11) is -3.24. The smallest absolute Gasteiger partial charge is 0.335 e. The first-order valence-electron chi connectivity index (χ1n) is 5.24. The quantitative estimate of drug-likeness (QED) is 0.860. The Hall–Kier alpha value is -1.56. The van der Waals surface area contributed by atoms with Gasteiger partial charge in [-0.15, -0.1) is 0 Å². The number of anilines is 1. The molecular weight excluding hydrogens is 242 g/mol. The minimum atomic E-state index is -3.24. The van der Waals surface area contributed by atoms with E-state index in [-0.39, 0.29) is 17.2 Å². The van der Waals surface area contributed by atoms with Gasteiger partial charge < -0.3 is 5.11 Å². The highest BCUT2D eigenvalue weighted by molar-refractivity contribution is 7.93. The van der Waals surface area contributed by atoms with Crippen LogP contribution in [0, 0.1) is 5.92 Å². The van der Waals surface area contributed by atoms with E-state index in [0.29, 0.717) is 12.2 Å². The highest BCUT2D eigenvalue weighted by Crippen LogP contribution is 2.26. The second-order valence-corrected chi connectivity index (χ2v) is 6.20. The molecule has 17 heavy (non-hydrogen) atoms. The Labute approximate surface area is 99.7 Å². The number of aromatic carboxylic acids is 1. The van der Waals surface area contributed by atoms with E-state index < -0.39 is 16.0 Å². The van der Waals surface area contributed by atoms with E-state index in [4.69, 9.17) is 5.11 Å². The largest absolute Gasteiger partial charge is 0.478 e. The van der Waals surface area contributed by atoms with Crippen LogP contribution in [0.3, 0.4) is 0 Å². The first kappa shape index (κ1) is 11.9. The number of nitrogens with zero attached hydrogens (tertiary/aromatic N) is 1. The molecule has 6 heteroatoms. The number of rotatable bonds is 2. The highest BCUT2D eigenvalue weighted by Gasteiger charge is 2.33. The van der Waals surface area contributed by atoms with Crippen LogP contribution < -0.4 is 4.31 Å². The van der Waals surface area contributed by atoms with E-state index in [1.807, 2.05) is 6.92 Å². The van der Waals surface area contributed by atoms with Crippen LogP contribution in [0.25, 0.3) is 0 Å². The van der Waals surface area contributed by atoms with Crippen molar-refractivity contribution in [3.63, 3.8) is 0 Å². The van der Waals surface area contributed by atoms with E-state index >= 15 is 0 Å². The molecule has 1 aliphatic rings. The molecule has 92 valence electrons. The molecule has 0 spiro atoms. The third kappa shape index (κ3) is 2.26. The van der Waals surface area contributed by atoms with Gasteiger partial charge in [0.15, 0.2) is 0 Å². The van der Waals surface area contributed by atoms with Crippen LogP contribution >= 0.6 is 0 Å². The summed E-state index contributed by atoms with van der Waals surface area (Å²) < 4.78 is 24.9. The van der Waals surface area contributed by atoms with Gasteiger partial charge in [-0.25, -0.2) is 13.2 Å².